The molecule has 3 N–H and O–H groups in total. The second-order valence-electron chi connectivity index (χ2n) is 7.00. The maximum absolute atomic E-state index is 9.41. The van der Waals surface area contributed by atoms with Crippen molar-refractivity contribution in [3.63, 3.8) is 0 Å². The average molecular weight is 346 g/mol. The van der Waals surface area contributed by atoms with Gasteiger partial charge in [-0.05, 0) is 19.4 Å². The Morgan fingerprint density at radius 2 is 1.12 bits per heavy atom. The standard InChI is InChI=1S/C20H43NO3/c1-2-3-4-5-6-7-8-9-10-11-12-13-15-21(16-18-23)20(19-24)14-17-22/h20,22-24H,2-19H2,1H3. The Labute approximate surface area is 150 Å². The van der Waals surface area contributed by atoms with Crippen LogP contribution >= 0.6 is 0 Å². The fourth-order valence-electron chi connectivity index (χ4n) is 3.30. The zero-order valence-electron chi connectivity index (χ0n) is 16.1. The van der Waals surface area contributed by atoms with E-state index in [0.29, 0.717) is 13.0 Å². The van der Waals surface area contributed by atoms with Crippen LogP contribution in [0, 0.1) is 0 Å². The predicted octanol–water partition coefficient (Wildman–Crippen LogP) is 3.73. The second-order valence-corrected chi connectivity index (χ2v) is 7.00. The largest absolute Gasteiger partial charge is 0.396 e. The van der Waals surface area contributed by atoms with Crippen LogP contribution in [0.3, 0.4) is 0 Å². The summed E-state index contributed by atoms with van der Waals surface area (Å²) in [7, 11) is 0. The molecule has 0 radical (unpaired) electrons. The van der Waals surface area contributed by atoms with Gasteiger partial charge in [0.15, 0.2) is 0 Å². The molecule has 0 heterocycles. The summed E-state index contributed by atoms with van der Waals surface area (Å²) in [4.78, 5) is 2.12. The number of unbranched alkanes of at least 4 members (excludes halogenated alkanes) is 11. The minimum absolute atomic E-state index is 0.0186. The summed E-state index contributed by atoms with van der Waals surface area (Å²) in [6, 6.07) is -0.0186. The van der Waals surface area contributed by atoms with Crippen LogP contribution in [0.25, 0.3) is 0 Å². The van der Waals surface area contributed by atoms with Gasteiger partial charge in [-0.15, -0.1) is 0 Å². The van der Waals surface area contributed by atoms with Gasteiger partial charge in [0.25, 0.3) is 0 Å². The topological polar surface area (TPSA) is 63.9 Å². The third-order valence-corrected chi connectivity index (χ3v) is 4.88. The van der Waals surface area contributed by atoms with Gasteiger partial charge in [0.2, 0.25) is 0 Å². The van der Waals surface area contributed by atoms with Crippen molar-refractivity contribution in [1.82, 2.24) is 4.90 Å². The summed E-state index contributed by atoms with van der Waals surface area (Å²) in [6.07, 6.45) is 16.6. The molecule has 0 fully saturated rings. The third-order valence-electron chi connectivity index (χ3n) is 4.88. The zero-order chi connectivity index (χ0) is 17.9. The van der Waals surface area contributed by atoms with Gasteiger partial charge in [-0.3, -0.25) is 4.90 Å². The van der Waals surface area contributed by atoms with Crippen molar-refractivity contribution in [2.24, 2.45) is 0 Å². The molecular weight excluding hydrogens is 302 g/mol. The summed E-state index contributed by atoms with van der Waals surface area (Å²) in [6.45, 7) is 4.01. The number of hydrogen-bond acceptors (Lipinski definition) is 4. The highest BCUT2D eigenvalue weighted by atomic mass is 16.3. The summed E-state index contributed by atoms with van der Waals surface area (Å²) >= 11 is 0. The van der Waals surface area contributed by atoms with E-state index in [1.165, 1.54) is 70.6 Å². The van der Waals surface area contributed by atoms with Crippen LogP contribution in [0.15, 0.2) is 0 Å². The Morgan fingerprint density at radius 1 is 0.625 bits per heavy atom. The fourth-order valence-corrected chi connectivity index (χ4v) is 3.30. The van der Waals surface area contributed by atoms with Crippen LogP contribution in [0.4, 0.5) is 0 Å². The highest BCUT2D eigenvalue weighted by Crippen LogP contribution is 2.13. The van der Waals surface area contributed by atoms with E-state index in [9.17, 15) is 5.11 Å². The molecule has 0 bridgehead atoms. The minimum Gasteiger partial charge on any atom is -0.396 e. The van der Waals surface area contributed by atoms with E-state index in [1.54, 1.807) is 0 Å². The predicted molar refractivity (Wildman–Crippen MR) is 102 cm³/mol. The highest BCUT2D eigenvalue weighted by molar-refractivity contribution is 4.70. The molecule has 0 rings (SSSR count). The number of hydrogen-bond donors (Lipinski definition) is 3. The van der Waals surface area contributed by atoms with Crippen molar-refractivity contribution in [3.05, 3.63) is 0 Å². The van der Waals surface area contributed by atoms with Gasteiger partial charge in [-0.2, -0.15) is 0 Å². The lowest BCUT2D eigenvalue weighted by atomic mass is 10.0. The first-order chi connectivity index (χ1) is 11.8. The van der Waals surface area contributed by atoms with Crippen molar-refractivity contribution in [2.75, 3.05) is 32.9 Å². The van der Waals surface area contributed by atoms with Gasteiger partial charge in [0, 0.05) is 19.2 Å². The lowest BCUT2D eigenvalue weighted by Crippen LogP contribution is -2.41. The van der Waals surface area contributed by atoms with E-state index in [4.69, 9.17) is 10.2 Å². The molecule has 146 valence electrons. The quantitative estimate of drug-likeness (QED) is 0.312. The summed E-state index contributed by atoms with van der Waals surface area (Å²) in [5, 5.41) is 27.6. The molecule has 0 aliphatic rings. The molecule has 0 amide bonds. The molecule has 0 spiro atoms. The first-order valence-electron chi connectivity index (χ1n) is 10.4. The molecule has 0 aliphatic carbocycles. The zero-order valence-corrected chi connectivity index (χ0v) is 16.1. The lowest BCUT2D eigenvalue weighted by molar-refractivity contribution is 0.0816. The summed E-state index contributed by atoms with van der Waals surface area (Å²) in [5.41, 5.74) is 0. The Morgan fingerprint density at radius 3 is 1.54 bits per heavy atom. The highest BCUT2D eigenvalue weighted by Gasteiger charge is 2.16. The van der Waals surface area contributed by atoms with Crippen LogP contribution in [0.5, 0.6) is 0 Å². The maximum atomic E-state index is 9.41. The van der Waals surface area contributed by atoms with E-state index in [1.807, 2.05) is 0 Å². The van der Waals surface area contributed by atoms with Gasteiger partial charge < -0.3 is 15.3 Å². The van der Waals surface area contributed by atoms with E-state index in [0.717, 1.165) is 13.0 Å². The number of aliphatic hydroxyl groups excluding tert-OH is 3. The second kappa shape index (κ2) is 19.2. The van der Waals surface area contributed by atoms with Crippen molar-refractivity contribution >= 4 is 0 Å². The molecule has 0 aromatic heterocycles. The molecule has 0 aliphatic heterocycles. The molecule has 0 aromatic rings. The number of rotatable bonds is 19. The van der Waals surface area contributed by atoms with Crippen molar-refractivity contribution < 1.29 is 15.3 Å². The van der Waals surface area contributed by atoms with Gasteiger partial charge in [0.1, 0.15) is 0 Å². The van der Waals surface area contributed by atoms with Gasteiger partial charge in [-0.1, -0.05) is 77.6 Å². The van der Waals surface area contributed by atoms with Gasteiger partial charge in [0.05, 0.1) is 13.2 Å². The Kier molecular flexibility index (Phi) is 19.0. The Bertz CT molecular complexity index is 239. The van der Waals surface area contributed by atoms with E-state index in [2.05, 4.69) is 11.8 Å². The molecule has 0 aromatic carbocycles. The van der Waals surface area contributed by atoms with E-state index < -0.39 is 0 Å². The van der Waals surface area contributed by atoms with E-state index in [-0.39, 0.29) is 25.9 Å². The molecule has 1 unspecified atom stereocenters. The monoisotopic (exact) mass is 345 g/mol. The fraction of sp³-hybridized carbons (Fsp3) is 1.00. The van der Waals surface area contributed by atoms with E-state index >= 15 is 0 Å². The summed E-state index contributed by atoms with van der Waals surface area (Å²) in [5.74, 6) is 0. The first kappa shape index (κ1) is 23.8. The Balaban J connectivity index is 3.51. The van der Waals surface area contributed by atoms with Gasteiger partial charge in [-0.25, -0.2) is 0 Å². The first-order valence-corrected chi connectivity index (χ1v) is 10.4. The summed E-state index contributed by atoms with van der Waals surface area (Å²) < 4.78 is 0. The third kappa shape index (κ3) is 14.2. The molecule has 24 heavy (non-hydrogen) atoms. The molecule has 1 atom stereocenters. The average Bonchev–Trinajstić information content (AvgIpc) is 2.59. The Hall–Kier alpha value is -0.160. The van der Waals surface area contributed by atoms with Crippen molar-refractivity contribution in [2.45, 2.75) is 96.4 Å². The lowest BCUT2D eigenvalue weighted by Gasteiger charge is -2.29. The van der Waals surface area contributed by atoms with Crippen molar-refractivity contribution in [1.29, 1.82) is 0 Å². The molecule has 0 saturated heterocycles. The van der Waals surface area contributed by atoms with Crippen LogP contribution in [0.1, 0.15) is 90.4 Å². The molecule has 4 nitrogen and oxygen atoms in total. The molecule has 0 saturated carbocycles. The van der Waals surface area contributed by atoms with Crippen LogP contribution in [-0.4, -0.2) is 59.2 Å². The number of aliphatic hydroxyl groups is 3. The van der Waals surface area contributed by atoms with Gasteiger partial charge >= 0.3 is 0 Å². The van der Waals surface area contributed by atoms with Crippen LogP contribution in [-0.2, 0) is 0 Å². The SMILES string of the molecule is CCCCCCCCCCCCCCN(CCO)C(CO)CCO. The molecular formula is C20H43NO3. The number of nitrogens with zero attached hydrogens (tertiary/aromatic N) is 1. The smallest absolute Gasteiger partial charge is 0.0587 e. The minimum atomic E-state index is -0.0186. The van der Waals surface area contributed by atoms with Crippen LogP contribution < -0.4 is 0 Å². The normalized spacial score (nSPS) is 12.9. The molecule has 4 heteroatoms. The van der Waals surface area contributed by atoms with Crippen LogP contribution in [0.2, 0.25) is 0 Å². The maximum Gasteiger partial charge on any atom is 0.0587 e. The van der Waals surface area contributed by atoms with Crippen molar-refractivity contribution in [3.8, 4) is 0 Å².